The fourth-order valence-corrected chi connectivity index (χ4v) is 3.42. The van der Waals surface area contributed by atoms with E-state index in [0.29, 0.717) is 12.4 Å². The fraction of sp³-hybridized carbons (Fsp3) is 0.259. The molecule has 1 unspecified atom stereocenters. The number of benzene rings is 3. The van der Waals surface area contributed by atoms with Crippen molar-refractivity contribution in [2.24, 2.45) is 5.92 Å². The largest absolute Gasteiger partial charge is 0.494 e. The van der Waals surface area contributed by atoms with Crippen LogP contribution in [0.4, 0.5) is 4.39 Å². The molecule has 30 heavy (non-hydrogen) atoms. The van der Waals surface area contributed by atoms with Crippen LogP contribution in [0.1, 0.15) is 37.8 Å². The molecular weight excluding hydrogens is 375 g/mol. The predicted octanol–water partition coefficient (Wildman–Crippen LogP) is 7.71. The Balaban J connectivity index is 1.72. The van der Waals surface area contributed by atoms with Gasteiger partial charge in [-0.3, -0.25) is 0 Å². The second-order valence-corrected chi connectivity index (χ2v) is 7.62. The SMILES string of the molecule is CCOc1ccc(C(C=C(F)Cc2cccc(Oc3ccccc3)c2)C(C)C)cc1. The van der Waals surface area contributed by atoms with Crippen molar-refractivity contribution in [1.82, 2.24) is 0 Å². The zero-order valence-electron chi connectivity index (χ0n) is 17.8. The third-order valence-electron chi connectivity index (χ3n) is 4.90. The first-order valence-corrected chi connectivity index (χ1v) is 10.5. The first-order valence-electron chi connectivity index (χ1n) is 10.5. The second kappa shape index (κ2) is 10.6. The van der Waals surface area contributed by atoms with Gasteiger partial charge in [-0.15, -0.1) is 0 Å². The molecule has 0 bridgehead atoms. The third kappa shape index (κ3) is 6.21. The van der Waals surface area contributed by atoms with Crippen molar-refractivity contribution in [3.63, 3.8) is 0 Å². The average molecular weight is 405 g/mol. The van der Waals surface area contributed by atoms with E-state index in [9.17, 15) is 4.39 Å². The topological polar surface area (TPSA) is 18.5 Å². The van der Waals surface area contributed by atoms with E-state index in [1.807, 2.05) is 85.8 Å². The van der Waals surface area contributed by atoms with Crippen molar-refractivity contribution in [2.75, 3.05) is 6.61 Å². The lowest BCUT2D eigenvalue weighted by Crippen LogP contribution is -2.05. The van der Waals surface area contributed by atoms with E-state index in [1.165, 1.54) is 0 Å². The van der Waals surface area contributed by atoms with Crippen molar-refractivity contribution in [3.8, 4) is 17.2 Å². The number of hydrogen-bond acceptors (Lipinski definition) is 2. The molecule has 0 saturated carbocycles. The molecule has 0 radical (unpaired) electrons. The molecule has 0 aliphatic rings. The van der Waals surface area contributed by atoms with Crippen LogP contribution in [0.25, 0.3) is 0 Å². The van der Waals surface area contributed by atoms with E-state index >= 15 is 0 Å². The quantitative estimate of drug-likeness (QED) is 0.363. The van der Waals surface area contributed by atoms with Gasteiger partial charge in [0, 0.05) is 12.3 Å². The third-order valence-corrected chi connectivity index (χ3v) is 4.90. The van der Waals surface area contributed by atoms with Crippen LogP contribution < -0.4 is 9.47 Å². The fourth-order valence-electron chi connectivity index (χ4n) is 3.42. The lowest BCUT2D eigenvalue weighted by molar-refractivity contribution is 0.340. The minimum Gasteiger partial charge on any atom is -0.494 e. The first kappa shape index (κ1) is 21.6. The molecule has 3 rings (SSSR count). The molecule has 0 aliphatic carbocycles. The second-order valence-electron chi connectivity index (χ2n) is 7.62. The number of hydrogen-bond donors (Lipinski definition) is 0. The van der Waals surface area contributed by atoms with Gasteiger partial charge in [-0.25, -0.2) is 4.39 Å². The van der Waals surface area contributed by atoms with Gasteiger partial charge in [0.1, 0.15) is 23.1 Å². The van der Waals surface area contributed by atoms with Gasteiger partial charge in [0.2, 0.25) is 0 Å². The molecule has 1 atom stereocenters. The van der Waals surface area contributed by atoms with Crippen molar-refractivity contribution < 1.29 is 13.9 Å². The van der Waals surface area contributed by atoms with E-state index < -0.39 is 0 Å². The highest BCUT2D eigenvalue weighted by Crippen LogP contribution is 2.30. The smallest absolute Gasteiger partial charge is 0.127 e. The van der Waals surface area contributed by atoms with Crippen LogP contribution in [-0.2, 0) is 6.42 Å². The number of halogens is 1. The highest BCUT2D eigenvalue weighted by molar-refractivity contribution is 5.36. The van der Waals surface area contributed by atoms with Crippen molar-refractivity contribution in [2.45, 2.75) is 33.1 Å². The van der Waals surface area contributed by atoms with Gasteiger partial charge >= 0.3 is 0 Å². The molecule has 3 aromatic rings. The summed E-state index contributed by atoms with van der Waals surface area (Å²) in [6, 6.07) is 25.1. The van der Waals surface area contributed by atoms with E-state index in [4.69, 9.17) is 9.47 Å². The molecule has 0 N–H and O–H groups in total. The standard InChI is InChI=1S/C27H29FO2/c1-4-29-24-15-13-22(14-16-24)27(20(2)3)19-23(28)17-21-9-8-12-26(18-21)30-25-10-6-5-7-11-25/h5-16,18-20,27H,4,17H2,1-3H3. The molecule has 156 valence electrons. The highest BCUT2D eigenvalue weighted by atomic mass is 19.1. The van der Waals surface area contributed by atoms with Crippen LogP contribution in [0.5, 0.6) is 17.2 Å². The predicted molar refractivity (Wildman–Crippen MR) is 121 cm³/mol. The maximum absolute atomic E-state index is 14.9. The zero-order chi connectivity index (χ0) is 21.3. The lowest BCUT2D eigenvalue weighted by atomic mass is 9.87. The summed E-state index contributed by atoms with van der Waals surface area (Å²) in [6.07, 6.45) is 1.98. The number of para-hydroxylation sites is 1. The Kier molecular flexibility index (Phi) is 7.67. The van der Waals surface area contributed by atoms with Crippen LogP contribution >= 0.6 is 0 Å². The molecule has 3 aromatic carbocycles. The maximum atomic E-state index is 14.9. The Morgan fingerprint density at radius 2 is 1.57 bits per heavy atom. The average Bonchev–Trinajstić information content (AvgIpc) is 2.74. The Labute approximate surface area is 179 Å². The zero-order valence-corrected chi connectivity index (χ0v) is 17.8. The molecule has 0 fully saturated rings. The molecule has 0 amide bonds. The van der Waals surface area contributed by atoms with Crippen LogP contribution in [0.15, 0.2) is 90.8 Å². The molecule has 3 heteroatoms. The van der Waals surface area contributed by atoms with Gasteiger partial charge < -0.3 is 9.47 Å². The van der Waals surface area contributed by atoms with Gasteiger partial charge in [0.25, 0.3) is 0 Å². The molecular formula is C27H29FO2. The van der Waals surface area contributed by atoms with Crippen LogP contribution in [0.2, 0.25) is 0 Å². The summed E-state index contributed by atoms with van der Waals surface area (Å²) in [4.78, 5) is 0. The monoisotopic (exact) mass is 404 g/mol. The molecule has 0 aromatic heterocycles. The van der Waals surface area contributed by atoms with Crippen molar-refractivity contribution >= 4 is 0 Å². The van der Waals surface area contributed by atoms with E-state index in [0.717, 1.165) is 22.6 Å². The molecule has 0 aliphatic heterocycles. The summed E-state index contributed by atoms with van der Waals surface area (Å²) < 4.78 is 26.3. The Bertz CT molecular complexity index is 946. The summed E-state index contributed by atoms with van der Waals surface area (Å²) >= 11 is 0. The number of ether oxygens (including phenoxy) is 2. The summed E-state index contributed by atoms with van der Waals surface area (Å²) in [7, 11) is 0. The molecule has 0 saturated heterocycles. The van der Waals surface area contributed by atoms with E-state index in [2.05, 4.69) is 13.8 Å². The highest BCUT2D eigenvalue weighted by Gasteiger charge is 2.15. The van der Waals surface area contributed by atoms with Crippen LogP contribution in [0, 0.1) is 5.92 Å². The van der Waals surface area contributed by atoms with Gasteiger partial charge in [0.05, 0.1) is 6.61 Å². The van der Waals surface area contributed by atoms with Gasteiger partial charge in [-0.05, 0) is 66.4 Å². The normalized spacial score (nSPS) is 12.6. The first-order chi connectivity index (χ1) is 14.5. The number of rotatable bonds is 9. The van der Waals surface area contributed by atoms with Gasteiger partial charge in [-0.2, -0.15) is 0 Å². The van der Waals surface area contributed by atoms with Crippen LogP contribution in [-0.4, -0.2) is 6.61 Å². The minimum atomic E-state index is -0.139. The van der Waals surface area contributed by atoms with Crippen molar-refractivity contribution in [1.29, 1.82) is 0 Å². The van der Waals surface area contributed by atoms with Gasteiger partial charge in [-0.1, -0.05) is 56.3 Å². The van der Waals surface area contributed by atoms with E-state index in [-0.39, 0.29) is 24.1 Å². The lowest BCUT2D eigenvalue weighted by Gasteiger charge is -2.18. The Morgan fingerprint density at radius 1 is 0.867 bits per heavy atom. The summed E-state index contributed by atoms with van der Waals surface area (Å²) in [5.74, 6) is 2.45. The van der Waals surface area contributed by atoms with E-state index in [1.54, 1.807) is 6.08 Å². The minimum absolute atomic E-state index is 0.00410. The summed E-state index contributed by atoms with van der Waals surface area (Å²) in [5.41, 5.74) is 1.97. The molecule has 2 nitrogen and oxygen atoms in total. The Hall–Kier alpha value is -3.07. The van der Waals surface area contributed by atoms with Crippen molar-refractivity contribution in [3.05, 3.63) is 102 Å². The molecule has 0 heterocycles. The van der Waals surface area contributed by atoms with Crippen LogP contribution in [0.3, 0.4) is 0 Å². The number of allylic oxidation sites excluding steroid dienone is 2. The summed E-state index contributed by atoms with van der Waals surface area (Å²) in [6.45, 7) is 6.82. The Morgan fingerprint density at radius 3 is 2.23 bits per heavy atom. The van der Waals surface area contributed by atoms with Gasteiger partial charge in [0.15, 0.2) is 0 Å². The maximum Gasteiger partial charge on any atom is 0.127 e. The summed E-state index contributed by atoms with van der Waals surface area (Å²) in [5, 5.41) is 0. The molecule has 0 spiro atoms.